The number of halogens is 2. The lowest BCUT2D eigenvalue weighted by Gasteiger charge is -2.38. The molecule has 3 heterocycles. The molecule has 10 heteroatoms. The average Bonchev–Trinajstić information content (AvgIpc) is 3.49. The lowest BCUT2D eigenvalue weighted by Crippen LogP contribution is -2.58. The molecule has 7 nitrogen and oxygen atoms in total. The van der Waals surface area contributed by atoms with Gasteiger partial charge in [-0.2, -0.15) is 0 Å². The summed E-state index contributed by atoms with van der Waals surface area (Å²) < 4.78 is 32.6. The SMILES string of the molecule is Cc1ccc(OCc2ccc(C(=O)N3CC(F)(F)C3)cc2C)c(-c2csc(N3C[C@H]4CC[C@@H](C3)C4C(=O)O)n2)c1. The smallest absolute Gasteiger partial charge is 0.307 e. The van der Waals surface area contributed by atoms with E-state index in [0.29, 0.717) is 11.3 Å². The summed E-state index contributed by atoms with van der Waals surface area (Å²) in [5.74, 6) is -3.08. The van der Waals surface area contributed by atoms with Gasteiger partial charge >= 0.3 is 5.97 Å². The van der Waals surface area contributed by atoms with Gasteiger partial charge in [0, 0.05) is 29.6 Å². The first kappa shape index (κ1) is 26.7. The Morgan fingerprint density at radius 3 is 2.48 bits per heavy atom. The third-order valence-electron chi connectivity index (χ3n) is 8.40. The molecule has 3 aliphatic rings. The van der Waals surface area contributed by atoms with Gasteiger partial charge in [0.05, 0.1) is 24.7 Å². The second-order valence-electron chi connectivity index (χ2n) is 11.3. The fraction of sp³-hybridized carbons (Fsp3) is 0.433. The summed E-state index contributed by atoms with van der Waals surface area (Å²) in [6.45, 7) is 4.54. The van der Waals surface area contributed by atoms with E-state index < -0.39 is 25.0 Å². The number of ether oxygens (including phenoxy) is 1. The van der Waals surface area contributed by atoms with Crippen molar-refractivity contribution in [3.8, 4) is 17.0 Å². The number of carboxylic acid groups (broad SMARTS) is 1. The first-order valence-corrected chi connectivity index (χ1v) is 14.4. The van der Waals surface area contributed by atoms with Gasteiger partial charge in [-0.25, -0.2) is 13.8 Å². The molecule has 2 saturated heterocycles. The number of anilines is 1. The van der Waals surface area contributed by atoms with Gasteiger partial charge in [-0.3, -0.25) is 9.59 Å². The van der Waals surface area contributed by atoms with Crippen molar-refractivity contribution in [2.75, 3.05) is 31.1 Å². The molecule has 2 bridgehead atoms. The van der Waals surface area contributed by atoms with Gasteiger partial charge in [-0.15, -0.1) is 11.3 Å². The highest BCUT2D eigenvalue weighted by Crippen LogP contribution is 2.44. The minimum absolute atomic E-state index is 0.165. The molecule has 1 aliphatic carbocycles. The number of alkyl halides is 2. The second-order valence-corrected chi connectivity index (χ2v) is 12.2. The number of carbonyl (C=O) groups excluding carboxylic acids is 1. The first-order valence-electron chi connectivity index (χ1n) is 13.5. The molecule has 3 aromatic rings. The molecule has 210 valence electrons. The maximum atomic E-state index is 13.2. The quantitative estimate of drug-likeness (QED) is 0.398. The number of amides is 1. The predicted molar refractivity (Wildman–Crippen MR) is 148 cm³/mol. The van der Waals surface area contributed by atoms with Crippen LogP contribution in [0.25, 0.3) is 11.3 Å². The van der Waals surface area contributed by atoms with E-state index in [-0.39, 0.29) is 30.3 Å². The lowest BCUT2D eigenvalue weighted by molar-refractivity contribution is -0.144. The molecule has 6 rings (SSSR count). The van der Waals surface area contributed by atoms with E-state index in [1.165, 1.54) is 0 Å². The lowest BCUT2D eigenvalue weighted by atomic mass is 9.85. The van der Waals surface area contributed by atoms with Crippen molar-refractivity contribution in [2.45, 2.75) is 39.2 Å². The highest BCUT2D eigenvalue weighted by atomic mass is 32.1. The Bertz CT molecular complexity index is 1450. The minimum atomic E-state index is -2.79. The zero-order chi connectivity index (χ0) is 28.2. The Morgan fingerprint density at radius 2 is 1.82 bits per heavy atom. The van der Waals surface area contributed by atoms with Crippen LogP contribution in [0.4, 0.5) is 13.9 Å². The number of hydrogen-bond acceptors (Lipinski definition) is 6. The molecule has 0 spiro atoms. The molecule has 1 aromatic heterocycles. The number of benzene rings is 2. The molecule has 1 N–H and O–H groups in total. The van der Waals surface area contributed by atoms with Crippen LogP contribution in [0.1, 0.15) is 39.9 Å². The molecule has 3 atom stereocenters. The number of aliphatic carboxylic acids is 1. The maximum Gasteiger partial charge on any atom is 0.307 e. The standard InChI is InChI=1S/C30H31F2N3O4S/c1-17-3-8-25(39-13-22-7-4-19(10-18(22)2)27(36)35-15-30(31,32)16-35)23(9-17)24-14-40-29(33-24)34-11-20-5-6-21(12-34)26(20)28(37)38/h3-4,7-10,14,20-21,26H,5-6,11-13,15-16H2,1-2H3,(H,37,38)/t20-,21+,26?. The van der Waals surface area contributed by atoms with Crippen LogP contribution in [0, 0.1) is 31.6 Å². The zero-order valence-corrected chi connectivity index (χ0v) is 23.2. The summed E-state index contributed by atoms with van der Waals surface area (Å²) in [5, 5.41) is 12.6. The van der Waals surface area contributed by atoms with E-state index in [2.05, 4.69) is 4.90 Å². The van der Waals surface area contributed by atoms with Gasteiger partial charge in [0.25, 0.3) is 11.8 Å². The van der Waals surface area contributed by atoms with Gasteiger partial charge < -0.3 is 19.6 Å². The Labute approximate surface area is 235 Å². The summed E-state index contributed by atoms with van der Waals surface area (Å²) in [6, 6.07) is 11.2. The molecule has 40 heavy (non-hydrogen) atoms. The van der Waals surface area contributed by atoms with Crippen molar-refractivity contribution in [2.24, 2.45) is 17.8 Å². The Morgan fingerprint density at radius 1 is 1.10 bits per heavy atom. The van der Waals surface area contributed by atoms with Gasteiger partial charge in [-0.05, 0) is 73.9 Å². The fourth-order valence-corrected chi connectivity index (χ4v) is 7.12. The number of carbonyl (C=O) groups is 2. The van der Waals surface area contributed by atoms with Crippen LogP contribution in [-0.2, 0) is 11.4 Å². The number of piperidine rings is 1. The van der Waals surface area contributed by atoms with Crippen LogP contribution in [0.2, 0.25) is 0 Å². The van der Waals surface area contributed by atoms with Gasteiger partial charge in [-0.1, -0.05) is 17.7 Å². The third kappa shape index (κ3) is 5.05. The number of thiazole rings is 1. The largest absolute Gasteiger partial charge is 0.488 e. The van der Waals surface area contributed by atoms with Crippen molar-refractivity contribution in [1.29, 1.82) is 0 Å². The van der Waals surface area contributed by atoms with Crippen LogP contribution in [0.15, 0.2) is 41.8 Å². The number of nitrogens with zero attached hydrogens (tertiary/aromatic N) is 3. The number of likely N-dealkylation sites (tertiary alicyclic amines) is 1. The molecule has 2 aliphatic heterocycles. The van der Waals surface area contributed by atoms with Crippen LogP contribution in [-0.4, -0.2) is 59.0 Å². The van der Waals surface area contributed by atoms with Crippen molar-refractivity contribution in [3.63, 3.8) is 0 Å². The zero-order valence-electron chi connectivity index (χ0n) is 22.4. The summed E-state index contributed by atoms with van der Waals surface area (Å²) in [4.78, 5) is 32.6. The number of aromatic nitrogens is 1. The van der Waals surface area contributed by atoms with E-state index in [9.17, 15) is 23.5 Å². The molecule has 1 saturated carbocycles. The van der Waals surface area contributed by atoms with Crippen molar-refractivity contribution in [3.05, 3.63) is 64.0 Å². The predicted octanol–water partition coefficient (Wildman–Crippen LogP) is 5.64. The van der Waals surface area contributed by atoms with Crippen LogP contribution < -0.4 is 9.64 Å². The molecule has 3 fully saturated rings. The number of aryl methyl sites for hydroxylation is 2. The average molecular weight is 568 g/mol. The van der Waals surface area contributed by atoms with E-state index in [1.807, 2.05) is 43.5 Å². The second kappa shape index (κ2) is 10.1. The molecular weight excluding hydrogens is 536 g/mol. The van der Waals surface area contributed by atoms with Crippen molar-refractivity contribution >= 4 is 28.3 Å². The van der Waals surface area contributed by atoms with Crippen molar-refractivity contribution < 1.29 is 28.2 Å². The number of carboxylic acids is 1. The summed E-state index contributed by atoms with van der Waals surface area (Å²) in [6.07, 6.45) is 1.91. The maximum absolute atomic E-state index is 13.2. The number of hydrogen-bond donors (Lipinski definition) is 1. The van der Waals surface area contributed by atoms with E-state index >= 15 is 0 Å². The Hall–Kier alpha value is -3.53. The highest BCUT2D eigenvalue weighted by molar-refractivity contribution is 7.14. The van der Waals surface area contributed by atoms with E-state index in [0.717, 1.165) is 63.9 Å². The van der Waals surface area contributed by atoms with Gasteiger partial charge in [0.1, 0.15) is 12.4 Å². The molecule has 1 unspecified atom stereocenters. The fourth-order valence-electron chi connectivity index (χ4n) is 6.27. The molecule has 2 aromatic carbocycles. The molecule has 0 radical (unpaired) electrons. The number of rotatable bonds is 7. The Balaban J connectivity index is 1.16. The first-order chi connectivity index (χ1) is 19.1. The van der Waals surface area contributed by atoms with Gasteiger partial charge in [0.15, 0.2) is 5.13 Å². The third-order valence-corrected chi connectivity index (χ3v) is 9.30. The topological polar surface area (TPSA) is 83.0 Å². The summed E-state index contributed by atoms with van der Waals surface area (Å²) in [5.41, 5.74) is 4.91. The van der Waals surface area contributed by atoms with Gasteiger partial charge in [0.2, 0.25) is 0 Å². The molecule has 1 amide bonds. The minimum Gasteiger partial charge on any atom is -0.488 e. The number of fused-ring (bicyclic) bond motifs is 2. The summed E-state index contributed by atoms with van der Waals surface area (Å²) >= 11 is 1.57. The molecular formula is C30H31F2N3O4S. The van der Waals surface area contributed by atoms with Crippen LogP contribution >= 0.6 is 11.3 Å². The summed E-state index contributed by atoms with van der Waals surface area (Å²) in [7, 11) is 0. The van der Waals surface area contributed by atoms with Crippen LogP contribution in [0.3, 0.4) is 0 Å². The van der Waals surface area contributed by atoms with Crippen molar-refractivity contribution in [1.82, 2.24) is 9.88 Å². The highest BCUT2D eigenvalue weighted by Gasteiger charge is 2.47. The monoisotopic (exact) mass is 567 g/mol. The van der Waals surface area contributed by atoms with E-state index in [4.69, 9.17) is 9.72 Å². The van der Waals surface area contributed by atoms with Crippen LogP contribution in [0.5, 0.6) is 5.75 Å². The normalized spacial score (nSPS) is 23.1. The Kier molecular flexibility index (Phi) is 6.76. The van der Waals surface area contributed by atoms with E-state index in [1.54, 1.807) is 23.5 Å².